The van der Waals surface area contributed by atoms with E-state index < -0.39 is 47.6 Å². The summed E-state index contributed by atoms with van der Waals surface area (Å²) in [7, 11) is 0. The number of likely N-dealkylation sites (N-methyl/N-ethyl adjacent to an activating group) is 2. The van der Waals surface area contributed by atoms with Crippen LogP contribution in [-0.4, -0.2) is 101 Å². The summed E-state index contributed by atoms with van der Waals surface area (Å²) in [5.41, 5.74) is 0.629. The Balaban J connectivity index is 0.987. The molecule has 0 aromatic heterocycles. The second-order valence-corrected chi connectivity index (χ2v) is 17.6. The summed E-state index contributed by atoms with van der Waals surface area (Å²) < 4.78 is 83.8. The summed E-state index contributed by atoms with van der Waals surface area (Å²) in [4.78, 5) is 65.7. The average Bonchev–Trinajstić information content (AvgIpc) is 3.87. The van der Waals surface area contributed by atoms with Crippen molar-refractivity contribution in [2.45, 2.75) is 51.1 Å². The van der Waals surface area contributed by atoms with Gasteiger partial charge in [0.05, 0.1) is 93.5 Å². The molecule has 0 radical (unpaired) electrons. The van der Waals surface area contributed by atoms with Crippen LogP contribution in [0, 0.1) is 22.7 Å². The fourth-order valence-corrected chi connectivity index (χ4v) is 9.69. The Morgan fingerprint density at radius 3 is 1.32 bits per heavy atom. The van der Waals surface area contributed by atoms with Crippen molar-refractivity contribution in [3.05, 3.63) is 153 Å². The summed E-state index contributed by atoms with van der Waals surface area (Å²) in [5, 5.41) is 25.4. The number of thiocarbonyl (C=S) groups is 1. The number of amides is 6. The molecule has 4 aliphatic heterocycles. The second-order valence-electron chi connectivity index (χ2n) is 17.2. The average molecular weight is 1010 g/mol. The number of carbonyl (C=O) groups is 4. The second kappa shape index (κ2) is 20.4. The Bertz CT molecular complexity index is 2770. The van der Waals surface area contributed by atoms with Crippen molar-refractivity contribution in [1.82, 2.24) is 30.2 Å². The molecule has 4 aliphatic rings. The molecule has 8 rings (SSSR count). The highest BCUT2D eigenvalue weighted by atomic mass is 32.1. The van der Waals surface area contributed by atoms with E-state index in [0.717, 1.165) is 34.1 Å². The van der Waals surface area contributed by atoms with Crippen molar-refractivity contribution in [3.63, 3.8) is 0 Å². The van der Waals surface area contributed by atoms with E-state index in [1.807, 2.05) is 0 Å². The van der Waals surface area contributed by atoms with Crippen LogP contribution in [-0.2, 0) is 21.9 Å². The van der Waals surface area contributed by atoms with Gasteiger partial charge in [0, 0.05) is 39.3 Å². The van der Waals surface area contributed by atoms with Gasteiger partial charge in [-0.3, -0.25) is 19.4 Å². The molecule has 0 spiro atoms. The first-order valence-corrected chi connectivity index (χ1v) is 23.4. The van der Waals surface area contributed by atoms with Gasteiger partial charge in [0.25, 0.3) is 11.8 Å². The molecule has 0 saturated carbocycles. The first-order valence-electron chi connectivity index (χ1n) is 23.0. The number of nitrogens with one attached hydrogen (secondary N) is 2. The summed E-state index contributed by atoms with van der Waals surface area (Å²) in [6, 6.07) is 22.4. The number of nitriles is 2. The van der Waals surface area contributed by atoms with Gasteiger partial charge in [-0.2, -0.15) is 36.9 Å². The van der Waals surface area contributed by atoms with E-state index in [9.17, 15) is 56.0 Å². The highest BCUT2D eigenvalue weighted by molar-refractivity contribution is 7.80. The Hall–Kier alpha value is -7.91. The number of alkyl halides is 6. The maximum atomic E-state index is 14.7. The van der Waals surface area contributed by atoms with E-state index in [1.165, 1.54) is 43.9 Å². The van der Waals surface area contributed by atoms with Gasteiger partial charge in [-0.25, -0.2) is 9.59 Å². The predicted octanol–water partition coefficient (Wildman–Crippen LogP) is 8.61. The predicted molar refractivity (Wildman–Crippen MR) is 256 cm³/mol. The molecule has 2 atom stereocenters. The van der Waals surface area contributed by atoms with Gasteiger partial charge in [0.15, 0.2) is 5.11 Å². The maximum absolute atomic E-state index is 14.7. The lowest BCUT2D eigenvalue weighted by Gasteiger charge is -2.42. The van der Waals surface area contributed by atoms with Crippen molar-refractivity contribution in [3.8, 4) is 12.1 Å². The number of urea groups is 2. The first kappa shape index (κ1) is 50.5. The Morgan fingerprint density at radius 2 is 0.986 bits per heavy atom. The number of halogens is 6. The van der Waals surface area contributed by atoms with Gasteiger partial charge in [0.1, 0.15) is 0 Å². The zero-order valence-electron chi connectivity index (χ0n) is 38.9. The molecular weight excluding hydrogens is 963 g/mol. The van der Waals surface area contributed by atoms with Gasteiger partial charge in [-0.05, 0) is 111 Å². The molecule has 0 saturated heterocycles. The van der Waals surface area contributed by atoms with Crippen LogP contribution in [0.4, 0.5) is 47.3 Å². The maximum Gasteiger partial charge on any atom is 0.416 e. The van der Waals surface area contributed by atoms with Crippen LogP contribution >= 0.6 is 12.2 Å². The highest BCUT2D eigenvalue weighted by Crippen LogP contribution is 2.46. The third-order valence-corrected chi connectivity index (χ3v) is 13.3. The molecule has 0 aliphatic carbocycles. The van der Waals surface area contributed by atoms with Crippen molar-refractivity contribution in [1.29, 1.82) is 10.5 Å². The Morgan fingerprint density at radius 1 is 0.611 bits per heavy atom. The number of hydrogen-bond donors (Lipinski definition) is 2. The van der Waals surface area contributed by atoms with Crippen molar-refractivity contribution >= 4 is 52.6 Å². The Kier molecular flexibility index (Phi) is 14.3. The normalized spacial score (nSPS) is 18.2. The lowest BCUT2D eigenvalue weighted by Crippen LogP contribution is -2.51. The van der Waals surface area contributed by atoms with Gasteiger partial charge in [-0.15, -0.1) is 0 Å². The minimum absolute atomic E-state index is 0.00691. The first-order chi connectivity index (χ1) is 34.4. The minimum atomic E-state index is -4.71. The highest BCUT2D eigenvalue weighted by Gasteiger charge is 2.50. The largest absolute Gasteiger partial charge is 0.416 e. The fraction of sp³-hybridized carbons (Fsp3) is 0.314. The smallest absolute Gasteiger partial charge is 0.363 e. The van der Waals surface area contributed by atoms with Crippen molar-refractivity contribution < 1.29 is 45.5 Å². The van der Waals surface area contributed by atoms with Crippen LogP contribution in [0.3, 0.4) is 0 Å². The van der Waals surface area contributed by atoms with Gasteiger partial charge in [0.2, 0.25) is 0 Å². The Labute approximate surface area is 415 Å². The van der Waals surface area contributed by atoms with Crippen molar-refractivity contribution in [2.75, 3.05) is 62.2 Å². The molecule has 14 nitrogen and oxygen atoms in total. The van der Waals surface area contributed by atoms with Crippen LogP contribution in [0.1, 0.15) is 72.2 Å². The molecule has 72 heavy (non-hydrogen) atoms. The number of nitrogens with zero attached hydrogens (tertiary/aromatic N) is 8. The van der Waals surface area contributed by atoms with Gasteiger partial charge >= 0.3 is 24.4 Å². The molecule has 4 aromatic rings. The molecule has 21 heteroatoms. The van der Waals surface area contributed by atoms with E-state index in [1.54, 1.807) is 62.4 Å². The minimum Gasteiger partial charge on any atom is -0.363 e. The number of anilines is 2. The summed E-state index contributed by atoms with van der Waals surface area (Å²) >= 11 is 5.59. The molecule has 0 fully saturated rings. The third kappa shape index (κ3) is 9.76. The zero-order chi connectivity index (χ0) is 51.6. The van der Waals surface area contributed by atoms with E-state index >= 15 is 0 Å². The molecule has 0 unspecified atom stereocenters. The lowest BCUT2D eigenvalue weighted by molar-refractivity contribution is -0.138. The van der Waals surface area contributed by atoms with Crippen LogP contribution in [0.25, 0.3) is 0 Å². The molecular formula is C51H46F6N10O4S. The summed E-state index contributed by atoms with van der Waals surface area (Å²) in [6.07, 6.45) is -8.93. The fourth-order valence-electron chi connectivity index (χ4n) is 9.49. The molecule has 4 heterocycles. The summed E-state index contributed by atoms with van der Waals surface area (Å²) in [6.45, 7) is 4.41. The van der Waals surface area contributed by atoms with E-state index in [-0.39, 0.29) is 116 Å². The topological polar surface area (TPSA) is 159 Å². The molecule has 4 aromatic carbocycles. The van der Waals surface area contributed by atoms with E-state index in [4.69, 9.17) is 12.2 Å². The summed E-state index contributed by atoms with van der Waals surface area (Å²) in [5.74, 6) is -0.764. The monoisotopic (exact) mass is 1010 g/mol. The molecule has 6 amide bonds. The van der Waals surface area contributed by atoms with Crippen LogP contribution < -0.4 is 20.4 Å². The lowest BCUT2D eigenvalue weighted by atomic mass is 9.92. The number of carbonyl (C=O) groups excluding carboxylic acids is 4. The SMILES string of the molecule is CCN1CC2=C(C1=O)[C@@H](c1ccc(C#N)cc1)N(CCCNC(=S)NCCCN1C(=O)N(c3cccc(C(F)(F)F)c3)C3=C(C(=O)N(CC)C3)[C@H]1c1ccc(C#N)cc1)C(=O)N2c1cccc(C(F)(F)F)c1. The third-order valence-electron chi connectivity index (χ3n) is 13.0. The number of benzene rings is 4. The van der Waals surface area contributed by atoms with E-state index in [2.05, 4.69) is 22.8 Å². The van der Waals surface area contributed by atoms with Crippen LogP contribution in [0.15, 0.2) is 120 Å². The molecule has 0 bridgehead atoms. The van der Waals surface area contributed by atoms with Crippen LogP contribution in [0.2, 0.25) is 0 Å². The zero-order valence-corrected chi connectivity index (χ0v) is 39.7. The number of hydrogen-bond acceptors (Lipinski definition) is 7. The van der Waals surface area contributed by atoms with Crippen LogP contribution in [0.5, 0.6) is 0 Å². The van der Waals surface area contributed by atoms with Gasteiger partial charge < -0.3 is 30.2 Å². The molecule has 372 valence electrons. The van der Waals surface area contributed by atoms with Gasteiger partial charge in [-0.1, -0.05) is 36.4 Å². The molecule has 2 N–H and O–H groups in total. The van der Waals surface area contributed by atoms with Crippen molar-refractivity contribution in [2.24, 2.45) is 0 Å². The van der Waals surface area contributed by atoms with E-state index in [0.29, 0.717) is 22.3 Å². The quantitative estimate of drug-likeness (QED) is 0.0717. The standard InChI is InChI=1S/C51H46F6N10O4S/c1-3-62-29-39-41(45(62)68)43(33-17-13-31(27-58)14-18-33)64(48(70)66(39)37-11-5-9-35(25-37)50(52,53)54)23-7-21-60-47(72)61-22-8-24-65-44(34-19-15-32(28-59)16-20-34)42-40(30-63(4-2)46(42)69)67(49(65)71)38-12-6-10-36(26-38)51(55,56)57/h5-6,9-20,25-26,43-44H,3-4,7-8,21-24,29-30H2,1-2H3,(H2,60,61,72)/t43-,44-/m1/s1. The number of rotatable bonds is 14.